The van der Waals surface area contributed by atoms with Crippen LogP contribution in [0.25, 0.3) is 0 Å². The van der Waals surface area contributed by atoms with Crippen molar-refractivity contribution in [2.45, 2.75) is 70.4 Å². The van der Waals surface area contributed by atoms with E-state index in [1.165, 1.54) is 17.8 Å². The molecule has 3 atom stereocenters. The molecular formula is C19H30N2O6Si. The van der Waals surface area contributed by atoms with Gasteiger partial charge >= 0.3 is 11.7 Å². The molecule has 0 amide bonds. The van der Waals surface area contributed by atoms with Crippen LogP contribution in [0.3, 0.4) is 0 Å². The summed E-state index contributed by atoms with van der Waals surface area (Å²) < 4.78 is 18.8. The first kappa shape index (κ1) is 22.3. The second-order valence-electron chi connectivity index (χ2n) is 8.38. The Hall–Kier alpha value is -1.97. The molecule has 0 spiro atoms. The van der Waals surface area contributed by atoms with Gasteiger partial charge in [0.1, 0.15) is 11.5 Å². The molecule has 1 aliphatic rings. The molecule has 1 saturated heterocycles. The lowest BCUT2D eigenvalue weighted by molar-refractivity contribution is -0.135. The van der Waals surface area contributed by atoms with E-state index >= 15 is 0 Å². The second kappa shape index (κ2) is 8.18. The Morgan fingerprint density at radius 3 is 2.57 bits per heavy atom. The highest BCUT2D eigenvalue weighted by molar-refractivity contribution is 6.58. The molecule has 8 nitrogen and oxygen atoms in total. The molecule has 0 bridgehead atoms. The summed E-state index contributed by atoms with van der Waals surface area (Å²) in [5.74, 6) is -0.491. The van der Waals surface area contributed by atoms with E-state index in [0.29, 0.717) is 12.0 Å². The fraction of sp³-hybridized carbons (Fsp3) is 0.632. The fourth-order valence-corrected chi connectivity index (χ4v) is 5.27. The molecule has 1 N–H and O–H groups in total. The van der Waals surface area contributed by atoms with Crippen molar-refractivity contribution in [3.05, 3.63) is 44.8 Å². The van der Waals surface area contributed by atoms with Gasteiger partial charge in [0.15, 0.2) is 0 Å². The molecule has 2 rings (SSSR count). The van der Waals surface area contributed by atoms with Crippen LogP contribution >= 0.6 is 0 Å². The minimum absolute atomic E-state index is 0.366. The minimum atomic E-state index is -1.66. The summed E-state index contributed by atoms with van der Waals surface area (Å²) in [5, 5.41) is -0.896. The molecule has 9 heteroatoms. The van der Waals surface area contributed by atoms with Gasteiger partial charge in [0.25, 0.3) is 5.56 Å². The standard InChI is InChI=1S/C19H30N2O6Si/c1-12-11-21(17(24)20-16(12)23)19(28(6)7)10-14(26-18(2,3)4)13(27-19)8-9-15(22)25-5/h8-9,11,13-14,28H,10H2,1-7H3,(H,20,23,24)/t13-,14+,19+/m1/s1. The van der Waals surface area contributed by atoms with Crippen molar-refractivity contribution in [3.63, 3.8) is 0 Å². The molecule has 156 valence electrons. The lowest BCUT2D eigenvalue weighted by atomic mass is 10.1. The van der Waals surface area contributed by atoms with Crippen LogP contribution in [0.15, 0.2) is 27.9 Å². The van der Waals surface area contributed by atoms with Gasteiger partial charge < -0.3 is 14.2 Å². The van der Waals surface area contributed by atoms with Gasteiger partial charge in [0.05, 0.1) is 27.6 Å². The number of hydrogen-bond acceptors (Lipinski definition) is 6. The van der Waals surface area contributed by atoms with Crippen molar-refractivity contribution in [2.75, 3.05) is 7.11 Å². The fourth-order valence-electron chi connectivity index (χ4n) is 3.38. The smallest absolute Gasteiger partial charge is 0.330 e. The molecule has 1 aromatic rings. The number of hydrogen-bond donors (Lipinski definition) is 1. The van der Waals surface area contributed by atoms with Crippen LogP contribution in [0.5, 0.6) is 0 Å². The van der Waals surface area contributed by atoms with Gasteiger partial charge in [-0.25, -0.2) is 9.59 Å². The molecule has 0 aromatic carbocycles. The van der Waals surface area contributed by atoms with Crippen LogP contribution in [0, 0.1) is 6.92 Å². The maximum atomic E-state index is 12.6. The van der Waals surface area contributed by atoms with Crippen LogP contribution in [0.1, 0.15) is 32.8 Å². The third-order valence-corrected chi connectivity index (χ3v) is 7.21. The van der Waals surface area contributed by atoms with Gasteiger partial charge in [-0.05, 0) is 33.8 Å². The maximum absolute atomic E-state index is 12.6. The summed E-state index contributed by atoms with van der Waals surface area (Å²) in [7, 11) is -0.358. The molecular weight excluding hydrogens is 380 g/mol. The Bertz CT molecular complexity index is 866. The van der Waals surface area contributed by atoms with Crippen molar-refractivity contribution in [1.82, 2.24) is 9.55 Å². The first-order valence-corrected chi connectivity index (χ1v) is 12.2. The number of carbonyl (C=O) groups excluding carboxylic acids is 1. The van der Waals surface area contributed by atoms with Gasteiger partial charge in [0.2, 0.25) is 0 Å². The van der Waals surface area contributed by atoms with E-state index in [-0.39, 0.29) is 6.10 Å². The van der Waals surface area contributed by atoms with E-state index in [0.717, 1.165) is 0 Å². The highest BCUT2D eigenvalue weighted by atomic mass is 28.3. The second-order valence-corrected chi connectivity index (χ2v) is 11.6. The normalized spacial score (nSPS) is 25.6. The molecule has 0 saturated carbocycles. The van der Waals surface area contributed by atoms with Gasteiger partial charge in [0, 0.05) is 24.3 Å². The third kappa shape index (κ3) is 4.71. The summed E-state index contributed by atoms with van der Waals surface area (Å²) in [4.78, 5) is 38.4. The van der Waals surface area contributed by atoms with Crippen molar-refractivity contribution in [1.29, 1.82) is 0 Å². The number of nitrogens with one attached hydrogen (secondary N) is 1. The van der Waals surface area contributed by atoms with E-state index in [4.69, 9.17) is 9.47 Å². The topological polar surface area (TPSA) is 99.6 Å². The zero-order valence-corrected chi connectivity index (χ0v) is 18.7. The Kier molecular flexibility index (Phi) is 6.52. The van der Waals surface area contributed by atoms with E-state index in [1.54, 1.807) is 19.2 Å². The van der Waals surface area contributed by atoms with E-state index in [1.807, 2.05) is 20.8 Å². The highest BCUT2D eigenvalue weighted by Gasteiger charge is 2.51. The van der Waals surface area contributed by atoms with E-state index in [9.17, 15) is 14.4 Å². The number of H-pyrrole nitrogens is 1. The number of aromatic nitrogens is 2. The first-order valence-electron chi connectivity index (χ1n) is 9.34. The van der Waals surface area contributed by atoms with Crippen molar-refractivity contribution in [2.24, 2.45) is 0 Å². The molecule has 0 aliphatic carbocycles. The summed E-state index contributed by atoms with van der Waals surface area (Å²) in [6, 6.07) is 0. The summed E-state index contributed by atoms with van der Waals surface area (Å²) in [6.07, 6.45) is 4.01. The van der Waals surface area contributed by atoms with Crippen molar-refractivity contribution in [3.8, 4) is 0 Å². The molecule has 1 fully saturated rings. The quantitative estimate of drug-likeness (QED) is 0.445. The highest BCUT2D eigenvalue weighted by Crippen LogP contribution is 2.40. The summed E-state index contributed by atoms with van der Waals surface area (Å²) >= 11 is 0. The maximum Gasteiger partial charge on any atom is 0.330 e. The Labute approximate surface area is 166 Å². The molecule has 1 aromatic heterocycles. The van der Waals surface area contributed by atoms with Crippen LogP contribution in [-0.2, 0) is 24.4 Å². The average Bonchev–Trinajstić information content (AvgIpc) is 2.93. The monoisotopic (exact) mass is 410 g/mol. The number of methoxy groups -OCH3 is 1. The van der Waals surface area contributed by atoms with E-state index < -0.39 is 43.1 Å². The van der Waals surface area contributed by atoms with Crippen LogP contribution in [0.2, 0.25) is 13.1 Å². The van der Waals surface area contributed by atoms with E-state index in [2.05, 4.69) is 22.8 Å². The van der Waals surface area contributed by atoms with Crippen molar-refractivity contribution >= 4 is 14.8 Å². The molecule has 28 heavy (non-hydrogen) atoms. The molecule has 0 radical (unpaired) electrons. The molecule has 0 unspecified atom stereocenters. The van der Waals surface area contributed by atoms with Crippen LogP contribution in [0.4, 0.5) is 0 Å². The first-order chi connectivity index (χ1) is 12.9. The number of rotatable bonds is 5. The molecule has 2 heterocycles. The van der Waals surface area contributed by atoms with Crippen LogP contribution < -0.4 is 11.2 Å². The Morgan fingerprint density at radius 1 is 1.39 bits per heavy atom. The number of nitrogens with zero attached hydrogens (tertiary/aromatic N) is 1. The largest absolute Gasteiger partial charge is 0.466 e. The zero-order valence-electron chi connectivity index (χ0n) is 17.6. The SMILES string of the molecule is COC(=O)C=C[C@H]1O[C@](n2cc(C)c(=O)[nH]c2=O)([SiH](C)C)C[C@@H]1OC(C)(C)C. The number of aromatic amines is 1. The number of aryl methyl sites for hydroxylation is 1. The summed E-state index contributed by atoms with van der Waals surface area (Å²) in [5.41, 5.74) is -0.932. The Balaban J connectivity index is 2.55. The third-order valence-electron chi connectivity index (χ3n) is 4.76. The van der Waals surface area contributed by atoms with Crippen molar-refractivity contribution < 1.29 is 19.0 Å². The minimum Gasteiger partial charge on any atom is -0.466 e. The Morgan fingerprint density at radius 2 is 2.04 bits per heavy atom. The van der Waals surface area contributed by atoms with Gasteiger partial charge in [-0.1, -0.05) is 13.1 Å². The number of esters is 1. The summed E-state index contributed by atoms with van der Waals surface area (Å²) in [6.45, 7) is 11.6. The lowest BCUT2D eigenvalue weighted by Crippen LogP contribution is -2.52. The predicted octanol–water partition coefficient (Wildman–Crippen LogP) is 1.23. The zero-order chi connectivity index (χ0) is 21.3. The van der Waals surface area contributed by atoms with Gasteiger partial charge in [-0.2, -0.15) is 0 Å². The number of ether oxygens (including phenoxy) is 3. The predicted molar refractivity (Wildman–Crippen MR) is 108 cm³/mol. The average molecular weight is 411 g/mol. The molecule has 1 aliphatic heterocycles. The van der Waals surface area contributed by atoms with Crippen LogP contribution in [-0.4, -0.2) is 49.2 Å². The lowest BCUT2D eigenvalue weighted by Gasteiger charge is -2.34. The van der Waals surface area contributed by atoms with Gasteiger partial charge in [-0.3, -0.25) is 14.3 Å². The number of carbonyl (C=O) groups is 1. The van der Waals surface area contributed by atoms with Gasteiger partial charge in [-0.15, -0.1) is 0 Å².